The summed E-state index contributed by atoms with van der Waals surface area (Å²) in [5.41, 5.74) is 17.5. The first kappa shape index (κ1) is 33.0. The lowest BCUT2D eigenvalue weighted by Crippen LogP contribution is -2.28. The molecule has 0 aliphatic heterocycles. The van der Waals surface area contributed by atoms with Gasteiger partial charge in [-0.3, -0.25) is 0 Å². The smallest absolute Gasteiger partial charge is 0.135 e. The van der Waals surface area contributed by atoms with Gasteiger partial charge in [-0.25, -0.2) is 0 Å². The molecule has 0 amide bonds. The summed E-state index contributed by atoms with van der Waals surface area (Å²) in [4.78, 5) is 2.44. The van der Waals surface area contributed by atoms with Crippen molar-refractivity contribution in [1.29, 1.82) is 0 Å². The van der Waals surface area contributed by atoms with E-state index in [2.05, 4.69) is 219 Å². The second kappa shape index (κ2) is 12.2. The summed E-state index contributed by atoms with van der Waals surface area (Å²) in [6.45, 7) is 4.71. The lowest BCUT2D eigenvalue weighted by atomic mass is 9.67. The third-order valence-corrected chi connectivity index (χ3v) is 13.1. The highest BCUT2D eigenvalue weighted by molar-refractivity contribution is 6.14. The maximum atomic E-state index is 6.39. The summed E-state index contributed by atoms with van der Waals surface area (Å²) in [6, 6.07) is 73.7. The van der Waals surface area contributed by atoms with E-state index >= 15 is 0 Å². The van der Waals surface area contributed by atoms with E-state index in [0.29, 0.717) is 0 Å². The minimum Gasteiger partial charge on any atom is -0.456 e. The SMILES string of the molecule is CC1(C)c2ccccc2-c2ccc(N(c3ccc(-c4cccc(C5(c6ccccc6)c6cccc7oc8cccc5c8c67)c4)cc3)c3cccc4ccccc34)cc21. The minimum absolute atomic E-state index is 0.104. The molecule has 1 heterocycles. The van der Waals surface area contributed by atoms with Crippen molar-refractivity contribution in [3.05, 3.63) is 234 Å². The van der Waals surface area contributed by atoms with Crippen molar-refractivity contribution >= 4 is 49.8 Å². The van der Waals surface area contributed by atoms with Crippen molar-refractivity contribution in [1.82, 2.24) is 0 Å². The topological polar surface area (TPSA) is 16.4 Å². The Morgan fingerprint density at radius 2 is 1.02 bits per heavy atom. The summed E-state index contributed by atoms with van der Waals surface area (Å²) in [6.07, 6.45) is 0. The third kappa shape index (κ3) is 4.49. The summed E-state index contributed by atoms with van der Waals surface area (Å²) in [5.74, 6) is 0. The zero-order chi connectivity index (χ0) is 38.6. The average Bonchev–Trinajstić information content (AvgIpc) is 3.90. The zero-order valence-electron chi connectivity index (χ0n) is 32.4. The van der Waals surface area contributed by atoms with Crippen LogP contribution in [0.5, 0.6) is 0 Å². The van der Waals surface area contributed by atoms with Gasteiger partial charge in [0.15, 0.2) is 0 Å². The Hall–Kier alpha value is -7.16. The van der Waals surface area contributed by atoms with Crippen molar-refractivity contribution in [3.63, 3.8) is 0 Å². The van der Waals surface area contributed by atoms with Crippen LogP contribution >= 0.6 is 0 Å². The van der Waals surface area contributed by atoms with Gasteiger partial charge in [0.2, 0.25) is 0 Å². The monoisotopic (exact) mass is 741 g/mol. The molecular formula is C56H39NO. The van der Waals surface area contributed by atoms with Crippen LogP contribution in [0.1, 0.15) is 47.2 Å². The molecule has 1 aromatic heterocycles. The van der Waals surface area contributed by atoms with Gasteiger partial charge in [-0.2, -0.15) is 0 Å². The molecule has 0 spiro atoms. The van der Waals surface area contributed by atoms with Gasteiger partial charge in [0.05, 0.1) is 11.1 Å². The first-order valence-electron chi connectivity index (χ1n) is 20.3. The normalized spacial score (nSPS) is 14.3. The fourth-order valence-electron chi connectivity index (χ4n) is 10.5. The maximum Gasteiger partial charge on any atom is 0.135 e. The number of benzene rings is 9. The second-order valence-electron chi connectivity index (χ2n) is 16.4. The number of hydrogen-bond donors (Lipinski definition) is 0. The van der Waals surface area contributed by atoms with Crippen LogP contribution in [0.2, 0.25) is 0 Å². The van der Waals surface area contributed by atoms with Crippen molar-refractivity contribution < 1.29 is 4.42 Å². The average molecular weight is 742 g/mol. The van der Waals surface area contributed by atoms with Crippen LogP contribution in [-0.4, -0.2) is 0 Å². The highest BCUT2D eigenvalue weighted by atomic mass is 16.3. The first-order valence-corrected chi connectivity index (χ1v) is 20.3. The quantitative estimate of drug-likeness (QED) is 0.169. The molecule has 0 fully saturated rings. The van der Waals surface area contributed by atoms with E-state index in [1.807, 2.05) is 0 Å². The summed E-state index contributed by atoms with van der Waals surface area (Å²) in [5, 5.41) is 4.89. The Kier molecular flexibility index (Phi) is 6.93. The van der Waals surface area contributed by atoms with E-state index in [9.17, 15) is 0 Å². The van der Waals surface area contributed by atoms with Crippen molar-refractivity contribution in [2.45, 2.75) is 24.7 Å². The Balaban J connectivity index is 1.00. The van der Waals surface area contributed by atoms with E-state index in [-0.39, 0.29) is 5.41 Å². The zero-order valence-corrected chi connectivity index (χ0v) is 32.4. The van der Waals surface area contributed by atoms with Gasteiger partial charge in [-0.1, -0.05) is 166 Å². The van der Waals surface area contributed by atoms with Crippen LogP contribution in [0.3, 0.4) is 0 Å². The van der Waals surface area contributed by atoms with Gasteiger partial charge in [0, 0.05) is 32.9 Å². The summed E-state index contributed by atoms with van der Waals surface area (Å²) in [7, 11) is 0. The van der Waals surface area contributed by atoms with Crippen LogP contribution in [0.4, 0.5) is 17.1 Å². The van der Waals surface area contributed by atoms with Crippen LogP contribution in [0.25, 0.3) is 55.0 Å². The molecule has 12 rings (SSSR count). The molecule has 2 heteroatoms. The van der Waals surface area contributed by atoms with Crippen LogP contribution in [0.15, 0.2) is 205 Å². The number of fused-ring (bicyclic) bond motifs is 4. The van der Waals surface area contributed by atoms with Crippen molar-refractivity contribution in [2.24, 2.45) is 0 Å². The number of rotatable bonds is 6. The lowest BCUT2D eigenvalue weighted by Gasteiger charge is -2.34. The Bertz CT molecular complexity index is 3200. The molecule has 0 N–H and O–H groups in total. The van der Waals surface area contributed by atoms with Crippen molar-refractivity contribution in [3.8, 4) is 22.3 Å². The standard InChI is InChI=1S/C56H39NO/c1-55(2)46-22-9-8-21-44(46)45-33-32-42(35-49(45)55)57(50-25-11-15-37-14-6-7-20-43(37)50)41-30-28-36(29-31-41)38-16-10-19-40(34-38)56(39-17-4-3-5-18-39)47-23-12-26-51-53(47)54-48(56)24-13-27-52(54)58-51/h3-35H,1-2H3. The summed E-state index contributed by atoms with van der Waals surface area (Å²) < 4.78 is 6.39. The summed E-state index contributed by atoms with van der Waals surface area (Å²) >= 11 is 0. The molecule has 2 nitrogen and oxygen atoms in total. The predicted octanol–water partition coefficient (Wildman–Crippen LogP) is 14.9. The lowest BCUT2D eigenvalue weighted by molar-refractivity contribution is 0.660. The predicted molar refractivity (Wildman–Crippen MR) is 241 cm³/mol. The molecule has 274 valence electrons. The molecule has 0 saturated carbocycles. The largest absolute Gasteiger partial charge is 0.456 e. The Labute approximate surface area is 338 Å². The van der Waals surface area contributed by atoms with Gasteiger partial charge in [-0.05, 0) is 110 Å². The molecular weight excluding hydrogens is 703 g/mol. The Morgan fingerprint density at radius 1 is 0.414 bits per heavy atom. The van der Waals surface area contributed by atoms with Gasteiger partial charge in [-0.15, -0.1) is 0 Å². The molecule has 2 aliphatic carbocycles. The molecule has 2 aliphatic rings. The first-order chi connectivity index (χ1) is 28.5. The molecule has 0 bridgehead atoms. The van der Waals surface area contributed by atoms with Gasteiger partial charge in [0.1, 0.15) is 11.2 Å². The van der Waals surface area contributed by atoms with Gasteiger partial charge < -0.3 is 9.32 Å². The number of nitrogens with zero attached hydrogens (tertiary/aromatic N) is 1. The molecule has 0 radical (unpaired) electrons. The van der Waals surface area contributed by atoms with E-state index in [1.54, 1.807) is 0 Å². The molecule has 10 aromatic rings. The van der Waals surface area contributed by atoms with Gasteiger partial charge in [0.25, 0.3) is 0 Å². The fourth-order valence-corrected chi connectivity index (χ4v) is 10.5. The van der Waals surface area contributed by atoms with E-state index in [0.717, 1.165) is 28.2 Å². The van der Waals surface area contributed by atoms with Crippen LogP contribution < -0.4 is 4.90 Å². The molecule has 0 unspecified atom stereocenters. The highest BCUT2D eigenvalue weighted by Crippen LogP contribution is 2.57. The third-order valence-electron chi connectivity index (χ3n) is 13.1. The maximum absolute atomic E-state index is 6.39. The molecule has 0 saturated heterocycles. The van der Waals surface area contributed by atoms with E-state index in [4.69, 9.17) is 4.42 Å². The van der Waals surface area contributed by atoms with Crippen LogP contribution in [0, 0.1) is 0 Å². The van der Waals surface area contributed by atoms with Gasteiger partial charge >= 0.3 is 0 Å². The van der Waals surface area contributed by atoms with Crippen molar-refractivity contribution in [2.75, 3.05) is 4.90 Å². The molecule has 0 atom stereocenters. The Morgan fingerprint density at radius 3 is 1.81 bits per heavy atom. The fraction of sp³-hybridized carbons (Fsp3) is 0.0714. The minimum atomic E-state index is -0.482. The van der Waals surface area contributed by atoms with E-state index in [1.165, 1.54) is 77.2 Å². The molecule has 9 aromatic carbocycles. The number of hydrogen-bond acceptors (Lipinski definition) is 2. The number of furan rings is 1. The highest BCUT2D eigenvalue weighted by Gasteiger charge is 2.46. The van der Waals surface area contributed by atoms with E-state index < -0.39 is 5.41 Å². The number of anilines is 3. The van der Waals surface area contributed by atoms with Crippen LogP contribution in [-0.2, 0) is 10.8 Å². The molecule has 58 heavy (non-hydrogen) atoms. The second-order valence-corrected chi connectivity index (χ2v) is 16.4.